The van der Waals surface area contributed by atoms with Crippen LogP contribution in [0, 0.1) is 18.2 Å². The summed E-state index contributed by atoms with van der Waals surface area (Å²) in [4.78, 5) is 0. The van der Waals surface area contributed by atoms with Gasteiger partial charge in [-0.25, -0.2) is 4.39 Å². The predicted molar refractivity (Wildman–Crippen MR) is 68.6 cm³/mol. The first kappa shape index (κ1) is 12.8. The number of nitrogens with one attached hydrogen (secondary N) is 1. The number of benzene rings is 1. The molecule has 2 rings (SSSR count). The lowest BCUT2D eigenvalue weighted by Gasteiger charge is -2.14. The summed E-state index contributed by atoms with van der Waals surface area (Å²) in [6, 6.07) is 3.18. The van der Waals surface area contributed by atoms with Gasteiger partial charge in [0.1, 0.15) is 5.82 Å². The van der Waals surface area contributed by atoms with E-state index in [0.29, 0.717) is 17.1 Å². The average Bonchev–Trinajstić information content (AvgIpc) is 3.06. The summed E-state index contributed by atoms with van der Waals surface area (Å²) < 4.78 is 13.4. The van der Waals surface area contributed by atoms with Gasteiger partial charge in [-0.05, 0) is 55.0 Å². The van der Waals surface area contributed by atoms with Crippen molar-refractivity contribution in [2.45, 2.75) is 26.3 Å². The molecule has 0 atom stereocenters. The minimum Gasteiger partial charge on any atom is -0.330 e. The van der Waals surface area contributed by atoms with Gasteiger partial charge in [0.05, 0.1) is 0 Å². The standard InChI is InChI=1S/C13H18ClFN2/c1-9-4-11(14)10(5-12(9)15)6-17-8-13(7-16)2-3-13/h4-5,17H,2-3,6-8,16H2,1H3. The highest BCUT2D eigenvalue weighted by Crippen LogP contribution is 2.43. The van der Waals surface area contributed by atoms with E-state index in [4.69, 9.17) is 17.3 Å². The molecule has 0 amide bonds. The third-order valence-corrected chi connectivity index (χ3v) is 3.89. The van der Waals surface area contributed by atoms with Crippen LogP contribution in [0.25, 0.3) is 0 Å². The highest BCUT2D eigenvalue weighted by molar-refractivity contribution is 6.31. The Morgan fingerprint density at radius 2 is 2.18 bits per heavy atom. The van der Waals surface area contributed by atoms with Crippen molar-refractivity contribution < 1.29 is 4.39 Å². The van der Waals surface area contributed by atoms with Crippen LogP contribution in [0.15, 0.2) is 12.1 Å². The maximum Gasteiger partial charge on any atom is 0.126 e. The van der Waals surface area contributed by atoms with Gasteiger partial charge in [0.15, 0.2) is 0 Å². The molecule has 0 unspecified atom stereocenters. The third kappa shape index (κ3) is 2.97. The second-order valence-electron chi connectivity index (χ2n) is 5.00. The van der Waals surface area contributed by atoms with E-state index in [1.54, 1.807) is 13.0 Å². The highest BCUT2D eigenvalue weighted by Gasteiger charge is 2.40. The largest absolute Gasteiger partial charge is 0.330 e. The molecule has 2 nitrogen and oxygen atoms in total. The molecule has 1 aromatic rings. The van der Waals surface area contributed by atoms with Gasteiger partial charge >= 0.3 is 0 Å². The molecule has 1 aromatic carbocycles. The molecule has 0 bridgehead atoms. The Labute approximate surface area is 106 Å². The van der Waals surface area contributed by atoms with E-state index in [0.717, 1.165) is 18.7 Å². The summed E-state index contributed by atoms with van der Waals surface area (Å²) in [6.45, 7) is 3.91. The number of nitrogens with two attached hydrogens (primary N) is 1. The summed E-state index contributed by atoms with van der Waals surface area (Å²) >= 11 is 6.07. The van der Waals surface area contributed by atoms with E-state index in [1.807, 2.05) is 0 Å². The SMILES string of the molecule is Cc1cc(Cl)c(CNCC2(CN)CC2)cc1F. The molecule has 0 radical (unpaired) electrons. The molecule has 1 fully saturated rings. The van der Waals surface area contributed by atoms with Gasteiger partial charge in [0.2, 0.25) is 0 Å². The van der Waals surface area contributed by atoms with Gasteiger partial charge in [-0.15, -0.1) is 0 Å². The Morgan fingerprint density at radius 1 is 1.47 bits per heavy atom. The van der Waals surface area contributed by atoms with Crippen molar-refractivity contribution in [2.75, 3.05) is 13.1 Å². The summed E-state index contributed by atoms with van der Waals surface area (Å²) in [5.74, 6) is -0.203. The molecule has 94 valence electrons. The van der Waals surface area contributed by atoms with Crippen LogP contribution in [0.5, 0.6) is 0 Å². The zero-order valence-corrected chi connectivity index (χ0v) is 10.8. The quantitative estimate of drug-likeness (QED) is 0.850. The highest BCUT2D eigenvalue weighted by atomic mass is 35.5. The predicted octanol–water partition coefficient (Wildman–Crippen LogP) is 2.62. The fourth-order valence-electron chi connectivity index (χ4n) is 1.92. The van der Waals surface area contributed by atoms with E-state index in [9.17, 15) is 4.39 Å². The second-order valence-corrected chi connectivity index (χ2v) is 5.41. The second kappa shape index (κ2) is 4.92. The van der Waals surface area contributed by atoms with E-state index < -0.39 is 0 Å². The van der Waals surface area contributed by atoms with E-state index in [2.05, 4.69) is 5.32 Å². The molecule has 0 saturated heterocycles. The van der Waals surface area contributed by atoms with Gasteiger partial charge in [0.25, 0.3) is 0 Å². The lowest BCUT2D eigenvalue weighted by atomic mass is 10.1. The molecule has 0 spiro atoms. The molecule has 1 aliphatic rings. The molecule has 0 aliphatic heterocycles. The maximum absolute atomic E-state index is 13.4. The molecule has 0 aromatic heterocycles. The lowest BCUT2D eigenvalue weighted by Crippen LogP contribution is -2.29. The van der Waals surface area contributed by atoms with Crippen LogP contribution in [0.1, 0.15) is 24.0 Å². The van der Waals surface area contributed by atoms with E-state index in [-0.39, 0.29) is 11.2 Å². The zero-order chi connectivity index (χ0) is 12.5. The van der Waals surface area contributed by atoms with Crippen LogP contribution < -0.4 is 11.1 Å². The zero-order valence-electron chi connectivity index (χ0n) is 10.0. The number of hydrogen-bond acceptors (Lipinski definition) is 2. The van der Waals surface area contributed by atoms with Crippen LogP contribution in [0.2, 0.25) is 5.02 Å². The molecule has 1 aliphatic carbocycles. The Balaban J connectivity index is 1.93. The number of rotatable bonds is 5. The Kier molecular flexibility index (Phi) is 3.71. The van der Waals surface area contributed by atoms with Crippen molar-refractivity contribution in [3.63, 3.8) is 0 Å². The van der Waals surface area contributed by atoms with Gasteiger partial charge in [-0.2, -0.15) is 0 Å². The molecule has 17 heavy (non-hydrogen) atoms. The van der Waals surface area contributed by atoms with Crippen molar-refractivity contribution in [3.8, 4) is 0 Å². The number of halogens is 2. The van der Waals surface area contributed by atoms with Crippen LogP contribution in [0.4, 0.5) is 4.39 Å². The fraction of sp³-hybridized carbons (Fsp3) is 0.538. The first-order chi connectivity index (χ1) is 8.06. The van der Waals surface area contributed by atoms with Crippen molar-refractivity contribution >= 4 is 11.6 Å². The Bertz CT molecular complexity index is 416. The summed E-state index contributed by atoms with van der Waals surface area (Å²) in [5.41, 5.74) is 7.37. The van der Waals surface area contributed by atoms with Crippen molar-refractivity contribution in [1.29, 1.82) is 0 Å². The normalized spacial score (nSPS) is 17.2. The van der Waals surface area contributed by atoms with Crippen molar-refractivity contribution in [3.05, 3.63) is 34.1 Å². The van der Waals surface area contributed by atoms with Crippen molar-refractivity contribution in [2.24, 2.45) is 11.1 Å². The smallest absolute Gasteiger partial charge is 0.126 e. The monoisotopic (exact) mass is 256 g/mol. The molecule has 4 heteroatoms. The molecule has 1 saturated carbocycles. The topological polar surface area (TPSA) is 38.0 Å². The molecular weight excluding hydrogens is 239 g/mol. The van der Waals surface area contributed by atoms with Gasteiger partial charge < -0.3 is 11.1 Å². The maximum atomic E-state index is 13.4. The van der Waals surface area contributed by atoms with Crippen LogP contribution >= 0.6 is 11.6 Å². The fourth-order valence-corrected chi connectivity index (χ4v) is 2.20. The minimum absolute atomic E-state index is 0.203. The van der Waals surface area contributed by atoms with Gasteiger partial charge in [-0.1, -0.05) is 11.6 Å². The average molecular weight is 257 g/mol. The van der Waals surface area contributed by atoms with E-state index in [1.165, 1.54) is 18.9 Å². The van der Waals surface area contributed by atoms with Crippen LogP contribution in [-0.2, 0) is 6.54 Å². The first-order valence-corrected chi connectivity index (χ1v) is 6.29. The third-order valence-electron chi connectivity index (χ3n) is 3.53. The number of hydrogen-bond donors (Lipinski definition) is 2. The van der Waals surface area contributed by atoms with Crippen LogP contribution in [0.3, 0.4) is 0 Å². The molecule has 3 N–H and O–H groups in total. The Hall–Kier alpha value is -0.640. The summed E-state index contributed by atoms with van der Waals surface area (Å²) in [7, 11) is 0. The molecular formula is C13H18ClFN2. The van der Waals surface area contributed by atoms with Crippen molar-refractivity contribution in [1.82, 2.24) is 5.32 Å². The van der Waals surface area contributed by atoms with E-state index >= 15 is 0 Å². The number of aryl methyl sites for hydroxylation is 1. The van der Waals surface area contributed by atoms with Crippen LogP contribution in [-0.4, -0.2) is 13.1 Å². The van der Waals surface area contributed by atoms with Gasteiger partial charge in [0, 0.05) is 18.1 Å². The Morgan fingerprint density at radius 3 is 2.76 bits per heavy atom. The van der Waals surface area contributed by atoms with Gasteiger partial charge in [-0.3, -0.25) is 0 Å². The minimum atomic E-state index is -0.203. The molecule has 0 heterocycles. The summed E-state index contributed by atoms with van der Waals surface area (Å²) in [5, 5.41) is 3.93. The summed E-state index contributed by atoms with van der Waals surface area (Å²) in [6.07, 6.45) is 2.37. The first-order valence-electron chi connectivity index (χ1n) is 5.92. The lowest BCUT2D eigenvalue weighted by molar-refractivity contribution is 0.467.